The van der Waals surface area contributed by atoms with Crippen LogP contribution in [0.2, 0.25) is 5.28 Å². The molecule has 0 spiro atoms. The molecule has 3 atom stereocenters. The Hall–Kier alpha value is -1.48. The van der Waals surface area contributed by atoms with Gasteiger partial charge in [0, 0.05) is 13.1 Å². The van der Waals surface area contributed by atoms with Gasteiger partial charge < -0.3 is 28.8 Å². The molecule has 0 aliphatic carbocycles. The number of fused-ring (bicyclic) bond motifs is 2. The molecule has 170 valence electrons. The largest absolute Gasteiger partial charge is 0.366 e. The number of benzene rings is 1. The maximum absolute atomic E-state index is 9.73. The van der Waals surface area contributed by atoms with Crippen molar-refractivity contribution in [3.63, 3.8) is 0 Å². The van der Waals surface area contributed by atoms with Crippen LogP contribution in [0.1, 0.15) is 35.8 Å². The van der Waals surface area contributed by atoms with E-state index in [0.29, 0.717) is 11.5 Å². The molecular weight excluding hydrogens is 476 g/mol. The normalized spacial score (nSPS) is 21.6. The summed E-state index contributed by atoms with van der Waals surface area (Å²) in [5, 5.41) is 4.51. The molecule has 1 fully saturated rings. The highest BCUT2D eigenvalue weighted by atomic mass is 35.5. The van der Waals surface area contributed by atoms with Crippen molar-refractivity contribution in [1.82, 2.24) is 19.6 Å². The van der Waals surface area contributed by atoms with E-state index in [-0.39, 0.29) is 30.0 Å². The predicted octanol–water partition coefficient (Wildman–Crippen LogP) is 3.09. The monoisotopic (exact) mass is 497 g/mol. The quantitative estimate of drug-likeness (QED) is 0.422. The number of hydrogen-bond donors (Lipinski definition) is 3. The average Bonchev–Trinajstić information content (AvgIpc) is 3.48. The van der Waals surface area contributed by atoms with Crippen LogP contribution in [0.5, 0.6) is 0 Å². The number of imidazole rings is 1. The molecule has 0 saturated carbocycles. The molecule has 32 heavy (non-hydrogen) atoms. The molecule has 0 radical (unpaired) electrons. The van der Waals surface area contributed by atoms with Crippen molar-refractivity contribution in [2.24, 2.45) is 0 Å². The van der Waals surface area contributed by atoms with Crippen LogP contribution in [-0.4, -0.2) is 52.9 Å². The number of halogens is 1. The van der Waals surface area contributed by atoms with Crippen molar-refractivity contribution < 1.29 is 23.9 Å². The van der Waals surface area contributed by atoms with Crippen molar-refractivity contribution in [3.05, 3.63) is 52.6 Å². The van der Waals surface area contributed by atoms with Crippen molar-refractivity contribution >= 4 is 39.8 Å². The molecule has 3 N–H and O–H groups in total. The fourth-order valence-corrected chi connectivity index (χ4v) is 5.82. The highest BCUT2D eigenvalue weighted by molar-refractivity contribution is 7.63. The zero-order valence-corrected chi connectivity index (χ0v) is 19.5. The molecule has 3 aromatic rings. The Morgan fingerprint density at radius 2 is 1.91 bits per heavy atom. The summed E-state index contributed by atoms with van der Waals surface area (Å²) in [5.41, 5.74) is 3.92. The molecule has 2 aliphatic rings. The lowest BCUT2D eigenvalue weighted by atomic mass is 10.1. The fraction of sp³-hybridized carbons (Fsp3) is 0.421. The third kappa shape index (κ3) is 4.60. The van der Waals surface area contributed by atoms with Crippen LogP contribution in [0, 0.1) is 0 Å². The van der Waals surface area contributed by atoms with Gasteiger partial charge in [0.1, 0.15) is 6.10 Å². The van der Waals surface area contributed by atoms with Gasteiger partial charge in [-0.1, -0.05) is 24.3 Å². The van der Waals surface area contributed by atoms with Gasteiger partial charge in [0.2, 0.25) is 5.28 Å². The first kappa shape index (κ1) is 22.3. The summed E-state index contributed by atoms with van der Waals surface area (Å²) in [6.07, 6.45) is 2.76. The van der Waals surface area contributed by atoms with Crippen LogP contribution in [0.15, 0.2) is 30.5 Å². The summed E-state index contributed by atoms with van der Waals surface area (Å²) in [5.74, 6) is 0.535. The van der Waals surface area contributed by atoms with E-state index in [1.165, 1.54) is 11.1 Å². The van der Waals surface area contributed by atoms with Gasteiger partial charge >= 0.3 is 0 Å². The summed E-state index contributed by atoms with van der Waals surface area (Å²) < 4.78 is 13.1. The summed E-state index contributed by atoms with van der Waals surface area (Å²) in [6.45, 7) is 1.65. The van der Waals surface area contributed by atoms with E-state index in [2.05, 4.69) is 32.1 Å². The lowest BCUT2D eigenvalue weighted by Gasteiger charge is -2.18. The van der Waals surface area contributed by atoms with Crippen molar-refractivity contribution in [3.8, 4) is 0 Å². The second kappa shape index (κ2) is 9.41. The number of rotatable bonds is 7. The van der Waals surface area contributed by atoms with Crippen molar-refractivity contribution in [1.29, 1.82) is 0 Å². The zero-order valence-electron chi connectivity index (χ0n) is 17.0. The molecule has 2 aliphatic heterocycles. The molecule has 5 rings (SSSR count). The van der Waals surface area contributed by atoms with Crippen LogP contribution in [0.3, 0.4) is 0 Å². The summed E-state index contributed by atoms with van der Waals surface area (Å²) in [7, 11) is -4.05. The molecule has 13 heteroatoms. The molecule has 10 nitrogen and oxygen atoms in total. The summed E-state index contributed by atoms with van der Waals surface area (Å²) >= 11 is 6.28. The molecule has 4 heterocycles. The number of anilines is 1. The Morgan fingerprint density at radius 3 is 2.62 bits per heavy atom. The first-order valence-electron chi connectivity index (χ1n) is 10.1. The number of aromatic nitrogens is 4. The van der Waals surface area contributed by atoms with Crippen LogP contribution >= 0.6 is 28.4 Å². The summed E-state index contributed by atoms with van der Waals surface area (Å²) in [6, 6.07) is 8.29. The van der Waals surface area contributed by atoms with E-state index >= 15 is 0 Å². The molecule has 2 aromatic heterocycles. The first-order valence-corrected chi connectivity index (χ1v) is 13.3. The smallest absolute Gasteiger partial charge is 0.243 e. The SMILES string of the molecule is OP(O)CP(O)OC[C@@H]1CC[C@H](c2cnc3c(N4Cc5ccccc5C4)nc(Cl)nn23)O1. The Kier molecular flexibility index (Phi) is 6.56. The van der Waals surface area contributed by atoms with Gasteiger partial charge in [-0.3, -0.25) is 0 Å². The molecule has 1 saturated heterocycles. The second-order valence-corrected chi connectivity index (χ2v) is 10.9. The van der Waals surface area contributed by atoms with Crippen LogP contribution in [-0.2, 0) is 22.4 Å². The molecule has 1 aromatic carbocycles. The minimum absolute atomic E-state index is 0.135. The van der Waals surface area contributed by atoms with Crippen LogP contribution in [0.4, 0.5) is 5.82 Å². The van der Waals surface area contributed by atoms with E-state index in [1.54, 1.807) is 10.7 Å². The minimum Gasteiger partial charge on any atom is -0.366 e. The van der Waals surface area contributed by atoms with E-state index in [4.69, 9.17) is 30.6 Å². The number of nitrogens with zero attached hydrogens (tertiary/aromatic N) is 5. The van der Waals surface area contributed by atoms with Crippen LogP contribution < -0.4 is 4.90 Å². The van der Waals surface area contributed by atoms with Crippen LogP contribution in [0.25, 0.3) is 5.65 Å². The third-order valence-electron chi connectivity index (χ3n) is 5.58. The van der Waals surface area contributed by atoms with E-state index in [1.807, 2.05) is 12.1 Å². The maximum Gasteiger partial charge on any atom is 0.243 e. The van der Waals surface area contributed by atoms with Gasteiger partial charge in [-0.05, 0) is 35.6 Å². The Labute approximate surface area is 191 Å². The Balaban J connectivity index is 1.32. The molecule has 0 amide bonds. The highest BCUT2D eigenvalue weighted by Crippen LogP contribution is 2.45. The maximum atomic E-state index is 9.73. The summed E-state index contributed by atoms with van der Waals surface area (Å²) in [4.78, 5) is 38.9. The Morgan fingerprint density at radius 1 is 1.16 bits per heavy atom. The fourth-order valence-electron chi connectivity index (χ4n) is 4.14. The zero-order chi connectivity index (χ0) is 22.2. The van der Waals surface area contributed by atoms with Gasteiger partial charge in [0.15, 0.2) is 28.2 Å². The van der Waals surface area contributed by atoms with Crippen molar-refractivity contribution in [2.45, 2.75) is 38.1 Å². The number of ether oxygens (including phenoxy) is 1. The molecule has 1 unspecified atom stereocenters. The third-order valence-corrected chi connectivity index (χ3v) is 8.17. The number of hydrogen-bond acceptors (Lipinski definition) is 9. The lowest BCUT2D eigenvalue weighted by molar-refractivity contribution is 0.0151. The van der Waals surface area contributed by atoms with E-state index in [0.717, 1.165) is 31.6 Å². The van der Waals surface area contributed by atoms with E-state index < -0.39 is 16.8 Å². The van der Waals surface area contributed by atoms with Gasteiger partial charge in [0.25, 0.3) is 0 Å². The molecular formula is C19H22ClN5O5P2. The molecule has 0 bridgehead atoms. The van der Waals surface area contributed by atoms with Gasteiger partial charge in [0.05, 0.1) is 30.5 Å². The topological polar surface area (TPSA) is 125 Å². The van der Waals surface area contributed by atoms with Crippen molar-refractivity contribution in [2.75, 3.05) is 17.4 Å². The lowest BCUT2D eigenvalue weighted by Crippen LogP contribution is -2.19. The Bertz CT molecular complexity index is 1090. The van der Waals surface area contributed by atoms with Gasteiger partial charge in [-0.2, -0.15) is 4.98 Å². The van der Waals surface area contributed by atoms with Gasteiger partial charge in [-0.25, -0.2) is 9.50 Å². The second-order valence-electron chi connectivity index (χ2n) is 7.73. The first-order chi connectivity index (χ1) is 15.5. The highest BCUT2D eigenvalue weighted by Gasteiger charge is 2.32. The predicted molar refractivity (Wildman–Crippen MR) is 120 cm³/mol. The van der Waals surface area contributed by atoms with E-state index in [9.17, 15) is 4.89 Å². The van der Waals surface area contributed by atoms with Gasteiger partial charge in [-0.15, -0.1) is 5.10 Å². The minimum atomic E-state index is -2.18. The average molecular weight is 498 g/mol. The standard InChI is InChI=1S/C19H22ClN5O5P2/c20-19-22-18(24-8-12-3-1-2-4-13(12)9-24)17-21-7-15(25(17)23-19)16-6-5-14(30-16)10-29-32(28)11-31(26)27/h1-4,7,14,16,26-28H,5-6,8-11H2/t14-,16+,32?/m0/s1.